The number of aromatic nitrogens is 2. The number of rotatable bonds is 10. The van der Waals surface area contributed by atoms with Crippen molar-refractivity contribution < 1.29 is 14.6 Å². The molecule has 8 nitrogen and oxygen atoms in total. The molecule has 0 fully saturated rings. The van der Waals surface area contributed by atoms with Crippen LogP contribution in [0.15, 0.2) is 42.5 Å². The SMILES string of the molecule is CCc1nn(CCNC(=O)O)c(CNCc2ccc(C#N)cc2)c1Oc1cc(Cl)cc(Cl)c1. The predicted molar refractivity (Wildman–Crippen MR) is 126 cm³/mol. The Morgan fingerprint density at radius 1 is 1.18 bits per heavy atom. The van der Waals surface area contributed by atoms with Crippen molar-refractivity contribution in [3.8, 4) is 17.6 Å². The second kappa shape index (κ2) is 11.6. The van der Waals surface area contributed by atoms with Crippen molar-refractivity contribution >= 4 is 29.3 Å². The molecule has 0 aliphatic rings. The summed E-state index contributed by atoms with van der Waals surface area (Å²) in [4.78, 5) is 10.9. The maximum atomic E-state index is 10.9. The minimum absolute atomic E-state index is 0.200. The highest BCUT2D eigenvalue weighted by Gasteiger charge is 2.19. The number of nitrogens with zero attached hydrogens (tertiary/aromatic N) is 3. The standard InChI is InChI=1S/C23H23Cl2N5O3/c1-2-20-22(33-19-10-17(24)9-18(25)11-19)21(30(29-20)8-7-28-23(31)32)14-27-13-16-5-3-15(12-26)4-6-16/h3-6,9-11,27-28H,2,7-8,13-14H2,1H3,(H,31,32). The maximum absolute atomic E-state index is 10.9. The zero-order valence-corrected chi connectivity index (χ0v) is 19.5. The number of benzene rings is 2. The molecule has 0 radical (unpaired) electrons. The van der Waals surface area contributed by atoms with E-state index < -0.39 is 6.09 Å². The number of ether oxygens (including phenoxy) is 1. The summed E-state index contributed by atoms with van der Waals surface area (Å²) in [5, 5.41) is 29.1. The van der Waals surface area contributed by atoms with Crippen LogP contribution in [0, 0.1) is 11.3 Å². The van der Waals surface area contributed by atoms with Gasteiger partial charge in [-0.15, -0.1) is 0 Å². The molecule has 0 spiro atoms. The molecule has 3 rings (SSSR count). The summed E-state index contributed by atoms with van der Waals surface area (Å²) in [7, 11) is 0. The number of carboxylic acid groups (broad SMARTS) is 1. The number of halogens is 2. The Morgan fingerprint density at radius 3 is 2.48 bits per heavy atom. The molecular weight excluding hydrogens is 465 g/mol. The van der Waals surface area contributed by atoms with Gasteiger partial charge in [-0.25, -0.2) is 4.79 Å². The van der Waals surface area contributed by atoms with Crippen LogP contribution < -0.4 is 15.4 Å². The summed E-state index contributed by atoms with van der Waals surface area (Å²) in [6.07, 6.45) is -0.477. The van der Waals surface area contributed by atoms with Crippen molar-refractivity contribution in [2.45, 2.75) is 33.0 Å². The van der Waals surface area contributed by atoms with Gasteiger partial charge in [-0.3, -0.25) is 4.68 Å². The van der Waals surface area contributed by atoms with E-state index in [9.17, 15) is 4.79 Å². The molecule has 0 atom stereocenters. The number of nitrogens with one attached hydrogen (secondary N) is 2. The number of nitriles is 1. The minimum Gasteiger partial charge on any atom is -0.465 e. The minimum atomic E-state index is -1.09. The van der Waals surface area contributed by atoms with E-state index in [4.69, 9.17) is 38.3 Å². The van der Waals surface area contributed by atoms with E-state index in [1.807, 2.05) is 19.1 Å². The molecule has 0 bridgehead atoms. The van der Waals surface area contributed by atoms with Crippen LogP contribution in [-0.2, 0) is 26.1 Å². The number of hydrogen-bond acceptors (Lipinski definition) is 5. The zero-order valence-electron chi connectivity index (χ0n) is 17.9. The van der Waals surface area contributed by atoms with Crippen LogP contribution in [0.25, 0.3) is 0 Å². The summed E-state index contributed by atoms with van der Waals surface area (Å²) in [6.45, 7) is 3.49. The highest BCUT2D eigenvalue weighted by atomic mass is 35.5. The third-order valence-corrected chi connectivity index (χ3v) is 5.21. The third kappa shape index (κ3) is 6.86. The molecular formula is C23H23Cl2N5O3. The van der Waals surface area contributed by atoms with Gasteiger partial charge in [0.05, 0.1) is 23.9 Å². The van der Waals surface area contributed by atoms with E-state index in [0.717, 1.165) is 17.0 Å². The second-order valence-electron chi connectivity index (χ2n) is 7.15. The number of amides is 1. The normalized spacial score (nSPS) is 10.6. The van der Waals surface area contributed by atoms with Crippen molar-refractivity contribution in [2.24, 2.45) is 0 Å². The van der Waals surface area contributed by atoms with Crippen LogP contribution in [-0.4, -0.2) is 27.5 Å². The molecule has 10 heteroatoms. The predicted octanol–water partition coefficient (Wildman–Crippen LogP) is 4.97. The van der Waals surface area contributed by atoms with E-state index >= 15 is 0 Å². The first-order chi connectivity index (χ1) is 15.9. The van der Waals surface area contributed by atoms with Crippen LogP contribution in [0.1, 0.15) is 29.4 Å². The van der Waals surface area contributed by atoms with Gasteiger partial charge in [-0.2, -0.15) is 10.4 Å². The molecule has 1 heterocycles. The zero-order chi connectivity index (χ0) is 23.8. The fourth-order valence-corrected chi connectivity index (χ4v) is 3.74. The van der Waals surface area contributed by atoms with E-state index in [1.54, 1.807) is 35.0 Å². The van der Waals surface area contributed by atoms with Crippen molar-refractivity contribution in [3.63, 3.8) is 0 Å². The average molecular weight is 488 g/mol. The summed E-state index contributed by atoms with van der Waals surface area (Å²) < 4.78 is 7.91. The Bertz CT molecular complexity index is 1140. The van der Waals surface area contributed by atoms with Gasteiger partial charge in [0, 0.05) is 29.7 Å². The molecule has 1 amide bonds. The van der Waals surface area contributed by atoms with Gasteiger partial charge >= 0.3 is 6.09 Å². The lowest BCUT2D eigenvalue weighted by molar-refractivity contribution is 0.194. The van der Waals surface area contributed by atoms with Crippen LogP contribution in [0.3, 0.4) is 0 Å². The fourth-order valence-electron chi connectivity index (χ4n) is 3.24. The van der Waals surface area contributed by atoms with Crippen molar-refractivity contribution in [1.82, 2.24) is 20.4 Å². The lowest BCUT2D eigenvalue weighted by Gasteiger charge is -2.13. The molecule has 0 saturated carbocycles. The number of carbonyl (C=O) groups is 1. The average Bonchev–Trinajstić information content (AvgIpc) is 3.09. The molecule has 0 unspecified atom stereocenters. The monoisotopic (exact) mass is 487 g/mol. The molecule has 3 N–H and O–H groups in total. The van der Waals surface area contributed by atoms with E-state index in [2.05, 4.69) is 21.8 Å². The lowest BCUT2D eigenvalue weighted by Crippen LogP contribution is -2.27. The van der Waals surface area contributed by atoms with E-state index in [-0.39, 0.29) is 6.54 Å². The quantitative estimate of drug-likeness (QED) is 0.371. The number of hydrogen-bond donors (Lipinski definition) is 3. The molecule has 0 aliphatic heterocycles. The first-order valence-electron chi connectivity index (χ1n) is 10.3. The van der Waals surface area contributed by atoms with E-state index in [0.29, 0.717) is 53.2 Å². The first kappa shape index (κ1) is 24.4. The van der Waals surface area contributed by atoms with Crippen molar-refractivity contribution in [1.29, 1.82) is 5.26 Å². The third-order valence-electron chi connectivity index (χ3n) is 4.77. The summed E-state index contributed by atoms with van der Waals surface area (Å²) >= 11 is 12.2. The topological polar surface area (TPSA) is 112 Å². The molecule has 172 valence electrons. The second-order valence-corrected chi connectivity index (χ2v) is 8.02. The molecule has 0 saturated heterocycles. The summed E-state index contributed by atoms with van der Waals surface area (Å²) in [5.74, 6) is 1.07. The Hall–Kier alpha value is -3.25. The van der Waals surface area contributed by atoms with Gasteiger partial charge in [0.25, 0.3) is 0 Å². The number of aryl methyl sites for hydroxylation is 1. The highest BCUT2D eigenvalue weighted by molar-refractivity contribution is 6.34. The van der Waals surface area contributed by atoms with Crippen LogP contribution in [0.4, 0.5) is 4.79 Å². The fraction of sp³-hybridized carbons (Fsp3) is 0.261. The van der Waals surface area contributed by atoms with Crippen LogP contribution in [0.2, 0.25) is 10.0 Å². The van der Waals surface area contributed by atoms with Crippen LogP contribution >= 0.6 is 23.2 Å². The van der Waals surface area contributed by atoms with Crippen molar-refractivity contribution in [3.05, 3.63) is 75.0 Å². The van der Waals surface area contributed by atoms with Gasteiger partial charge in [-0.1, -0.05) is 42.3 Å². The van der Waals surface area contributed by atoms with Gasteiger partial charge < -0.3 is 20.5 Å². The molecule has 0 aliphatic carbocycles. The Labute approximate surface area is 201 Å². The largest absolute Gasteiger partial charge is 0.465 e. The van der Waals surface area contributed by atoms with E-state index in [1.165, 1.54) is 0 Å². The Morgan fingerprint density at radius 2 is 1.88 bits per heavy atom. The molecule has 1 aromatic heterocycles. The lowest BCUT2D eigenvalue weighted by atomic mass is 10.1. The Kier molecular flexibility index (Phi) is 8.55. The van der Waals surface area contributed by atoms with Crippen LogP contribution in [0.5, 0.6) is 11.5 Å². The smallest absolute Gasteiger partial charge is 0.404 e. The maximum Gasteiger partial charge on any atom is 0.404 e. The van der Waals surface area contributed by atoms with Gasteiger partial charge in [0.1, 0.15) is 11.4 Å². The van der Waals surface area contributed by atoms with Gasteiger partial charge in [0.2, 0.25) is 0 Å². The molecule has 2 aromatic carbocycles. The summed E-state index contributed by atoms with van der Waals surface area (Å²) in [5.41, 5.74) is 3.12. The molecule has 33 heavy (non-hydrogen) atoms. The summed E-state index contributed by atoms with van der Waals surface area (Å²) in [6, 6.07) is 14.4. The van der Waals surface area contributed by atoms with Gasteiger partial charge in [0.15, 0.2) is 5.75 Å². The van der Waals surface area contributed by atoms with Crippen molar-refractivity contribution in [2.75, 3.05) is 6.54 Å². The highest BCUT2D eigenvalue weighted by Crippen LogP contribution is 2.33. The Balaban J connectivity index is 1.84. The van der Waals surface area contributed by atoms with Gasteiger partial charge in [-0.05, 0) is 42.3 Å². The first-order valence-corrected chi connectivity index (χ1v) is 11.0. The molecule has 3 aromatic rings.